The van der Waals surface area contributed by atoms with Gasteiger partial charge in [0.1, 0.15) is 16.8 Å². The van der Waals surface area contributed by atoms with Crippen LogP contribution in [0, 0.1) is 5.82 Å². The van der Waals surface area contributed by atoms with Crippen LogP contribution in [0.25, 0.3) is 0 Å². The summed E-state index contributed by atoms with van der Waals surface area (Å²) in [5, 5.41) is 0.416. The SMILES string of the molecule is CCc1nc(Cc2ccc(F)cc2)nc(Cl)c1Br. The van der Waals surface area contributed by atoms with E-state index in [1.54, 1.807) is 12.1 Å². The highest BCUT2D eigenvalue weighted by Crippen LogP contribution is 2.24. The molecule has 0 unspecified atom stereocenters. The number of aromatic nitrogens is 2. The van der Waals surface area contributed by atoms with Gasteiger partial charge >= 0.3 is 0 Å². The highest BCUT2D eigenvalue weighted by molar-refractivity contribution is 9.10. The van der Waals surface area contributed by atoms with Crippen molar-refractivity contribution in [2.24, 2.45) is 0 Å². The molecule has 0 aliphatic rings. The largest absolute Gasteiger partial charge is 0.236 e. The summed E-state index contributed by atoms with van der Waals surface area (Å²) in [5.74, 6) is 0.398. The molecule has 0 amide bonds. The second-order valence-electron chi connectivity index (χ2n) is 3.85. The third-order valence-corrected chi connectivity index (χ3v) is 3.87. The van der Waals surface area contributed by atoms with Crippen LogP contribution in [0.15, 0.2) is 28.7 Å². The van der Waals surface area contributed by atoms with Gasteiger partial charge in [-0.05, 0) is 40.0 Å². The second-order valence-corrected chi connectivity index (χ2v) is 5.00. The highest BCUT2D eigenvalue weighted by atomic mass is 79.9. The smallest absolute Gasteiger partial charge is 0.147 e. The van der Waals surface area contributed by atoms with Crippen molar-refractivity contribution in [2.45, 2.75) is 19.8 Å². The van der Waals surface area contributed by atoms with E-state index in [0.717, 1.165) is 22.2 Å². The standard InChI is InChI=1S/C13H11BrClFN2/c1-2-10-12(14)13(15)18-11(17-10)7-8-3-5-9(16)6-4-8/h3-6H,2,7H2,1H3. The Labute approximate surface area is 118 Å². The molecule has 5 heteroatoms. The Hall–Kier alpha value is -1.00. The maximum Gasteiger partial charge on any atom is 0.147 e. The van der Waals surface area contributed by atoms with Gasteiger partial charge < -0.3 is 0 Å². The van der Waals surface area contributed by atoms with Crippen LogP contribution in [0.2, 0.25) is 5.15 Å². The number of aryl methyl sites for hydroxylation is 1. The average Bonchev–Trinajstić information content (AvgIpc) is 2.36. The fourth-order valence-electron chi connectivity index (χ4n) is 1.61. The molecule has 2 rings (SSSR count). The minimum Gasteiger partial charge on any atom is -0.236 e. The van der Waals surface area contributed by atoms with Gasteiger partial charge in [0.2, 0.25) is 0 Å². The van der Waals surface area contributed by atoms with E-state index in [0.29, 0.717) is 17.4 Å². The van der Waals surface area contributed by atoms with Crippen LogP contribution in [0.3, 0.4) is 0 Å². The number of halogens is 3. The van der Waals surface area contributed by atoms with Gasteiger partial charge in [0, 0.05) is 6.42 Å². The monoisotopic (exact) mass is 328 g/mol. The van der Waals surface area contributed by atoms with Crippen LogP contribution in [0.5, 0.6) is 0 Å². The summed E-state index contributed by atoms with van der Waals surface area (Å²) in [7, 11) is 0. The lowest BCUT2D eigenvalue weighted by Gasteiger charge is -2.06. The first-order valence-corrected chi connectivity index (χ1v) is 6.72. The lowest BCUT2D eigenvalue weighted by atomic mass is 10.1. The first-order chi connectivity index (χ1) is 8.60. The van der Waals surface area contributed by atoms with E-state index in [9.17, 15) is 4.39 Å². The normalized spacial score (nSPS) is 10.7. The summed E-state index contributed by atoms with van der Waals surface area (Å²) in [5.41, 5.74) is 1.84. The van der Waals surface area contributed by atoms with Gasteiger partial charge in [-0.2, -0.15) is 0 Å². The van der Waals surface area contributed by atoms with Crippen LogP contribution in [0.4, 0.5) is 4.39 Å². The fraction of sp³-hybridized carbons (Fsp3) is 0.231. The van der Waals surface area contributed by atoms with E-state index in [1.807, 2.05) is 6.92 Å². The third kappa shape index (κ3) is 3.06. The van der Waals surface area contributed by atoms with Crippen molar-refractivity contribution in [1.29, 1.82) is 0 Å². The summed E-state index contributed by atoms with van der Waals surface area (Å²) < 4.78 is 13.5. The van der Waals surface area contributed by atoms with Crippen molar-refractivity contribution in [2.75, 3.05) is 0 Å². The van der Waals surface area contributed by atoms with E-state index in [-0.39, 0.29) is 5.82 Å². The van der Waals surface area contributed by atoms with Crippen molar-refractivity contribution in [3.8, 4) is 0 Å². The van der Waals surface area contributed by atoms with Crippen molar-refractivity contribution in [3.63, 3.8) is 0 Å². The fourth-order valence-corrected chi connectivity index (χ4v) is 2.27. The zero-order valence-electron chi connectivity index (χ0n) is 9.75. The van der Waals surface area contributed by atoms with E-state index in [2.05, 4.69) is 25.9 Å². The molecule has 0 N–H and O–H groups in total. The molecule has 0 bridgehead atoms. The topological polar surface area (TPSA) is 25.8 Å². The van der Waals surface area contributed by atoms with Crippen molar-refractivity contribution < 1.29 is 4.39 Å². The Morgan fingerprint density at radius 1 is 1.22 bits per heavy atom. The van der Waals surface area contributed by atoms with Crippen molar-refractivity contribution in [1.82, 2.24) is 9.97 Å². The van der Waals surface area contributed by atoms with Crippen molar-refractivity contribution in [3.05, 3.63) is 56.8 Å². The molecule has 18 heavy (non-hydrogen) atoms. The van der Waals surface area contributed by atoms with Gasteiger partial charge in [-0.15, -0.1) is 0 Å². The summed E-state index contributed by atoms with van der Waals surface area (Å²) in [6, 6.07) is 6.30. The van der Waals surface area contributed by atoms with E-state index < -0.39 is 0 Å². The van der Waals surface area contributed by atoms with Gasteiger partial charge in [-0.1, -0.05) is 30.7 Å². The third-order valence-electron chi connectivity index (χ3n) is 2.54. The minimum atomic E-state index is -0.247. The number of hydrogen-bond donors (Lipinski definition) is 0. The summed E-state index contributed by atoms with van der Waals surface area (Å²) in [6.07, 6.45) is 1.32. The van der Waals surface area contributed by atoms with Gasteiger partial charge in [-0.25, -0.2) is 14.4 Å². The Morgan fingerprint density at radius 2 is 1.89 bits per heavy atom. The molecule has 0 aliphatic heterocycles. The van der Waals surface area contributed by atoms with Gasteiger partial charge in [-0.3, -0.25) is 0 Å². The van der Waals surface area contributed by atoms with Gasteiger partial charge in [0.25, 0.3) is 0 Å². The van der Waals surface area contributed by atoms with Gasteiger partial charge in [0.15, 0.2) is 0 Å². The van der Waals surface area contributed by atoms with E-state index >= 15 is 0 Å². The second kappa shape index (κ2) is 5.76. The molecular formula is C13H11BrClFN2. The molecule has 0 spiro atoms. The Balaban J connectivity index is 2.29. The highest BCUT2D eigenvalue weighted by Gasteiger charge is 2.09. The van der Waals surface area contributed by atoms with Crippen LogP contribution >= 0.6 is 27.5 Å². The molecule has 0 saturated heterocycles. The van der Waals surface area contributed by atoms with Crippen LogP contribution in [-0.2, 0) is 12.8 Å². The number of hydrogen-bond acceptors (Lipinski definition) is 2. The molecule has 0 atom stereocenters. The summed E-state index contributed by atoms with van der Waals surface area (Å²) in [6.45, 7) is 2.01. The molecule has 2 nitrogen and oxygen atoms in total. The van der Waals surface area contributed by atoms with E-state index in [4.69, 9.17) is 11.6 Å². The zero-order valence-corrected chi connectivity index (χ0v) is 12.1. The Morgan fingerprint density at radius 3 is 2.50 bits per heavy atom. The predicted octanol–water partition coefficient (Wildman–Crippen LogP) is 4.18. The molecular weight excluding hydrogens is 319 g/mol. The Bertz CT molecular complexity index is 558. The average molecular weight is 330 g/mol. The van der Waals surface area contributed by atoms with Crippen LogP contribution in [0.1, 0.15) is 24.0 Å². The first-order valence-electron chi connectivity index (χ1n) is 5.55. The molecule has 0 fully saturated rings. The predicted molar refractivity (Wildman–Crippen MR) is 73.3 cm³/mol. The van der Waals surface area contributed by atoms with Crippen molar-refractivity contribution >= 4 is 27.5 Å². The maximum absolute atomic E-state index is 12.8. The minimum absolute atomic E-state index is 0.247. The quantitative estimate of drug-likeness (QED) is 0.789. The Kier molecular flexibility index (Phi) is 4.30. The molecule has 1 heterocycles. The lowest BCUT2D eigenvalue weighted by molar-refractivity contribution is 0.627. The molecule has 0 aliphatic carbocycles. The number of benzene rings is 1. The van der Waals surface area contributed by atoms with Gasteiger partial charge in [0.05, 0.1) is 10.2 Å². The van der Waals surface area contributed by atoms with E-state index in [1.165, 1.54) is 12.1 Å². The zero-order chi connectivity index (χ0) is 13.1. The molecule has 2 aromatic rings. The first kappa shape index (κ1) is 13.4. The molecule has 94 valence electrons. The molecule has 0 radical (unpaired) electrons. The number of rotatable bonds is 3. The summed E-state index contributed by atoms with van der Waals surface area (Å²) in [4.78, 5) is 8.65. The number of nitrogens with zero attached hydrogens (tertiary/aromatic N) is 2. The summed E-state index contributed by atoms with van der Waals surface area (Å²) >= 11 is 9.39. The van der Waals surface area contributed by atoms with Crippen LogP contribution in [-0.4, -0.2) is 9.97 Å². The maximum atomic E-state index is 12.8. The lowest BCUT2D eigenvalue weighted by Crippen LogP contribution is -2.02. The molecule has 1 aromatic heterocycles. The molecule has 0 saturated carbocycles. The molecule has 1 aromatic carbocycles. The van der Waals surface area contributed by atoms with Crippen LogP contribution < -0.4 is 0 Å².